The van der Waals surface area contributed by atoms with Crippen molar-refractivity contribution in [2.45, 2.75) is 0 Å². The molecule has 2 N–H and O–H groups in total. The Hall–Kier alpha value is -1.72. The predicted molar refractivity (Wildman–Crippen MR) is 68.4 cm³/mol. The molecule has 0 unspecified atom stereocenters. The van der Waals surface area contributed by atoms with Gasteiger partial charge < -0.3 is 15.2 Å². The Morgan fingerprint density at radius 3 is 2.83 bits per heavy atom. The number of aliphatic hydroxyl groups excluding tert-OH is 1. The highest BCUT2D eigenvalue weighted by Crippen LogP contribution is 2.28. The first-order valence-electron chi connectivity index (χ1n) is 5.95. The molecular formula is C13H15N3O2. The average Bonchev–Trinajstić information content (AvgIpc) is 2.38. The Balaban J connectivity index is 1.82. The molecule has 0 radical (unpaired) electrons. The van der Waals surface area contributed by atoms with Gasteiger partial charge in [0.05, 0.1) is 30.8 Å². The van der Waals surface area contributed by atoms with Crippen molar-refractivity contribution in [1.29, 1.82) is 0 Å². The Kier molecular flexibility index (Phi) is 2.85. The molecule has 5 heteroatoms. The molecular weight excluding hydrogens is 230 g/mol. The third kappa shape index (κ3) is 1.91. The Morgan fingerprint density at radius 1 is 1.28 bits per heavy atom. The highest BCUT2D eigenvalue weighted by atomic mass is 16.5. The lowest BCUT2D eigenvalue weighted by atomic mass is 9.87. The first kappa shape index (κ1) is 11.4. The fourth-order valence-corrected chi connectivity index (χ4v) is 2.06. The molecule has 2 aromatic rings. The van der Waals surface area contributed by atoms with Crippen LogP contribution >= 0.6 is 0 Å². The van der Waals surface area contributed by atoms with Crippen LogP contribution in [0.25, 0.3) is 10.9 Å². The van der Waals surface area contributed by atoms with E-state index in [1.165, 1.54) is 0 Å². The van der Waals surface area contributed by atoms with Gasteiger partial charge in [0, 0.05) is 11.9 Å². The summed E-state index contributed by atoms with van der Waals surface area (Å²) in [5.74, 6) is 0.806. The van der Waals surface area contributed by atoms with Crippen LogP contribution in [0.1, 0.15) is 0 Å². The molecule has 1 aromatic heterocycles. The SMILES string of the molecule is OCC1(CNc2ncnc3ccccc23)COC1. The molecule has 3 rings (SSSR count). The molecule has 0 amide bonds. The standard InChI is InChI=1S/C13H15N3O2/c17-6-13(7-18-8-13)5-14-12-10-3-1-2-4-11(10)15-9-16-12/h1-4,9,17H,5-8H2,(H,14,15,16). The summed E-state index contributed by atoms with van der Waals surface area (Å²) >= 11 is 0. The normalized spacial score (nSPS) is 17.4. The molecule has 2 heterocycles. The van der Waals surface area contributed by atoms with Gasteiger partial charge in [-0.05, 0) is 12.1 Å². The predicted octanol–water partition coefficient (Wildman–Crippen LogP) is 1.05. The summed E-state index contributed by atoms with van der Waals surface area (Å²) in [7, 11) is 0. The van der Waals surface area contributed by atoms with Crippen molar-refractivity contribution in [2.24, 2.45) is 5.41 Å². The molecule has 1 aromatic carbocycles. The number of hydrogen-bond donors (Lipinski definition) is 2. The van der Waals surface area contributed by atoms with Gasteiger partial charge in [-0.2, -0.15) is 0 Å². The summed E-state index contributed by atoms with van der Waals surface area (Å²) in [6.45, 7) is 1.98. The third-order valence-electron chi connectivity index (χ3n) is 3.33. The van der Waals surface area contributed by atoms with E-state index >= 15 is 0 Å². The maximum Gasteiger partial charge on any atom is 0.137 e. The van der Waals surface area contributed by atoms with Gasteiger partial charge in [-0.1, -0.05) is 12.1 Å². The highest BCUT2D eigenvalue weighted by molar-refractivity contribution is 5.88. The second-order valence-corrected chi connectivity index (χ2v) is 4.74. The van der Waals surface area contributed by atoms with Crippen LogP contribution in [0.4, 0.5) is 5.82 Å². The largest absolute Gasteiger partial charge is 0.396 e. The van der Waals surface area contributed by atoms with Gasteiger partial charge in [0.25, 0.3) is 0 Å². The Labute approximate surface area is 105 Å². The fourth-order valence-electron chi connectivity index (χ4n) is 2.06. The zero-order valence-electron chi connectivity index (χ0n) is 9.97. The van der Waals surface area contributed by atoms with E-state index in [-0.39, 0.29) is 12.0 Å². The van der Waals surface area contributed by atoms with Gasteiger partial charge in [-0.25, -0.2) is 9.97 Å². The van der Waals surface area contributed by atoms with E-state index in [4.69, 9.17) is 4.74 Å². The van der Waals surface area contributed by atoms with E-state index < -0.39 is 0 Å². The van der Waals surface area contributed by atoms with Gasteiger partial charge in [0.1, 0.15) is 12.1 Å². The Morgan fingerprint density at radius 2 is 2.11 bits per heavy atom. The minimum atomic E-state index is -0.161. The van der Waals surface area contributed by atoms with Crippen LogP contribution in [0.15, 0.2) is 30.6 Å². The van der Waals surface area contributed by atoms with Gasteiger partial charge in [-0.3, -0.25) is 0 Å². The minimum absolute atomic E-state index is 0.128. The van der Waals surface area contributed by atoms with Crippen molar-refractivity contribution >= 4 is 16.7 Å². The molecule has 1 fully saturated rings. The van der Waals surface area contributed by atoms with Crippen LogP contribution in [0.5, 0.6) is 0 Å². The van der Waals surface area contributed by atoms with Crippen LogP contribution in [0.3, 0.4) is 0 Å². The molecule has 0 aliphatic carbocycles. The number of rotatable bonds is 4. The molecule has 1 aliphatic heterocycles. The zero-order chi connectivity index (χ0) is 12.4. The molecule has 1 saturated heterocycles. The second kappa shape index (κ2) is 4.51. The monoisotopic (exact) mass is 245 g/mol. The van der Waals surface area contributed by atoms with E-state index in [9.17, 15) is 5.11 Å². The van der Waals surface area contributed by atoms with Crippen LogP contribution in [-0.2, 0) is 4.74 Å². The van der Waals surface area contributed by atoms with Crippen molar-refractivity contribution < 1.29 is 9.84 Å². The number of aliphatic hydroxyl groups is 1. The number of hydrogen-bond acceptors (Lipinski definition) is 5. The van der Waals surface area contributed by atoms with Crippen LogP contribution in [0, 0.1) is 5.41 Å². The van der Waals surface area contributed by atoms with E-state index in [2.05, 4.69) is 15.3 Å². The maximum absolute atomic E-state index is 9.38. The third-order valence-corrected chi connectivity index (χ3v) is 3.33. The van der Waals surface area contributed by atoms with E-state index in [0.717, 1.165) is 16.7 Å². The maximum atomic E-state index is 9.38. The van der Waals surface area contributed by atoms with E-state index in [0.29, 0.717) is 19.8 Å². The number of aromatic nitrogens is 2. The molecule has 18 heavy (non-hydrogen) atoms. The van der Waals surface area contributed by atoms with Gasteiger partial charge >= 0.3 is 0 Å². The van der Waals surface area contributed by atoms with Crippen LogP contribution < -0.4 is 5.32 Å². The number of ether oxygens (including phenoxy) is 1. The first-order chi connectivity index (χ1) is 8.83. The van der Waals surface area contributed by atoms with Crippen LogP contribution in [0.2, 0.25) is 0 Å². The number of para-hydroxylation sites is 1. The molecule has 0 atom stereocenters. The topological polar surface area (TPSA) is 67.3 Å². The molecule has 1 aliphatic rings. The summed E-state index contributed by atoms with van der Waals surface area (Å²) in [6.07, 6.45) is 1.55. The fraction of sp³-hybridized carbons (Fsp3) is 0.385. The summed E-state index contributed by atoms with van der Waals surface area (Å²) < 4.78 is 5.17. The second-order valence-electron chi connectivity index (χ2n) is 4.74. The number of nitrogens with one attached hydrogen (secondary N) is 1. The number of fused-ring (bicyclic) bond motifs is 1. The number of nitrogens with zero attached hydrogens (tertiary/aromatic N) is 2. The summed E-state index contributed by atoms with van der Waals surface area (Å²) in [5, 5.41) is 13.7. The number of anilines is 1. The van der Waals surface area contributed by atoms with Crippen molar-refractivity contribution in [1.82, 2.24) is 9.97 Å². The highest BCUT2D eigenvalue weighted by Gasteiger charge is 2.37. The van der Waals surface area contributed by atoms with Crippen LogP contribution in [-0.4, -0.2) is 41.4 Å². The lowest BCUT2D eigenvalue weighted by molar-refractivity contribution is -0.128. The minimum Gasteiger partial charge on any atom is -0.396 e. The molecule has 0 bridgehead atoms. The van der Waals surface area contributed by atoms with Gasteiger partial charge in [0.15, 0.2) is 0 Å². The van der Waals surface area contributed by atoms with Crippen molar-refractivity contribution in [3.63, 3.8) is 0 Å². The lowest BCUT2D eigenvalue weighted by Gasteiger charge is -2.40. The summed E-state index contributed by atoms with van der Waals surface area (Å²) in [6, 6.07) is 7.86. The van der Waals surface area contributed by atoms with Crippen molar-refractivity contribution in [3.05, 3.63) is 30.6 Å². The van der Waals surface area contributed by atoms with E-state index in [1.807, 2.05) is 24.3 Å². The smallest absolute Gasteiger partial charge is 0.137 e. The molecule has 94 valence electrons. The van der Waals surface area contributed by atoms with Crippen molar-refractivity contribution in [3.8, 4) is 0 Å². The molecule has 0 spiro atoms. The van der Waals surface area contributed by atoms with E-state index in [1.54, 1.807) is 6.33 Å². The van der Waals surface area contributed by atoms with Gasteiger partial charge in [0.2, 0.25) is 0 Å². The molecule has 0 saturated carbocycles. The summed E-state index contributed by atoms with van der Waals surface area (Å²) in [5.41, 5.74) is 0.754. The van der Waals surface area contributed by atoms with Gasteiger partial charge in [-0.15, -0.1) is 0 Å². The first-order valence-corrected chi connectivity index (χ1v) is 5.95. The molecule has 5 nitrogen and oxygen atoms in total. The van der Waals surface area contributed by atoms with Crippen molar-refractivity contribution in [2.75, 3.05) is 31.7 Å². The lowest BCUT2D eigenvalue weighted by Crippen LogP contribution is -2.50. The average molecular weight is 245 g/mol. The Bertz CT molecular complexity index is 544. The zero-order valence-corrected chi connectivity index (χ0v) is 9.97. The number of benzene rings is 1. The quantitative estimate of drug-likeness (QED) is 0.842. The summed E-state index contributed by atoms with van der Waals surface area (Å²) in [4.78, 5) is 8.47.